The van der Waals surface area contributed by atoms with Gasteiger partial charge in [0.2, 0.25) is 0 Å². The molecular formula is C12H10F7N. The number of hydrogen-bond donors (Lipinski definition) is 1. The van der Waals surface area contributed by atoms with Crippen molar-refractivity contribution < 1.29 is 30.7 Å². The van der Waals surface area contributed by atoms with Gasteiger partial charge in [-0.05, 0) is 30.9 Å². The van der Waals surface area contributed by atoms with Crippen molar-refractivity contribution in [2.45, 2.75) is 31.2 Å². The molecule has 2 N–H and O–H groups in total. The Kier molecular flexibility index (Phi) is 3.48. The van der Waals surface area contributed by atoms with E-state index in [1.165, 1.54) is 0 Å². The van der Waals surface area contributed by atoms with E-state index < -0.39 is 40.9 Å². The van der Waals surface area contributed by atoms with Gasteiger partial charge in [0.15, 0.2) is 0 Å². The van der Waals surface area contributed by atoms with E-state index in [2.05, 4.69) is 0 Å². The Labute approximate surface area is 109 Å². The van der Waals surface area contributed by atoms with Gasteiger partial charge in [-0.2, -0.15) is 26.3 Å². The molecule has 1 aromatic rings. The van der Waals surface area contributed by atoms with Crippen LogP contribution in [-0.4, -0.2) is 0 Å². The molecule has 1 nitrogen and oxygen atoms in total. The third-order valence-corrected chi connectivity index (χ3v) is 3.23. The average molecular weight is 301 g/mol. The minimum Gasteiger partial charge on any atom is -0.324 e. The van der Waals surface area contributed by atoms with Crippen molar-refractivity contribution >= 4 is 0 Å². The van der Waals surface area contributed by atoms with Crippen molar-refractivity contribution in [2.75, 3.05) is 0 Å². The number of halogens is 7. The van der Waals surface area contributed by atoms with Gasteiger partial charge in [0.05, 0.1) is 11.1 Å². The zero-order chi connectivity index (χ0) is 15.3. The summed E-state index contributed by atoms with van der Waals surface area (Å²) in [7, 11) is 0. The molecule has 0 unspecified atom stereocenters. The summed E-state index contributed by atoms with van der Waals surface area (Å²) >= 11 is 0. The second kappa shape index (κ2) is 4.61. The topological polar surface area (TPSA) is 26.0 Å². The van der Waals surface area contributed by atoms with E-state index in [-0.39, 0.29) is 18.1 Å². The maximum atomic E-state index is 13.7. The quantitative estimate of drug-likeness (QED) is 0.811. The summed E-state index contributed by atoms with van der Waals surface area (Å²) in [4.78, 5) is 0. The predicted molar refractivity (Wildman–Crippen MR) is 56.1 cm³/mol. The molecule has 0 heterocycles. The Hall–Kier alpha value is -1.31. The molecule has 0 bridgehead atoms. The largest absolute Gasteiger partial charge is 0.416 e. The van der Waals surface area contributed by atoms with Crippen molar-refractivity contribution in [2.24, 2.45) is 11.7 Å². The zero-order valence-corrected chi connectivity index (χ0v) is 9.95. The normalized spacial score (nSPS) is 18.2. The fourth-order valence-electron chi connectivity index (χ4n) is 2.05. The Morgan fingerprint density at radius 1 is 1.00 bits per heavy atom. The summed E-state index contributed by atoms with van der Waals surface area (Å²) in [5.74, 6) is -1.88. The maximum absolute atomic E-state index is 13.7. The van der Waals surface area contributed by atoms with Crippen LogP contribution in [0.25, 0.3) is 0 Å². The maximum Gasteiger partial charge on any atom is 0.416 e. The highest BCUT2D eigenvalue weighted by Crippen LogP contribution is 2.46. The van der Waals surface area contributed by atoms with Crippen LogP contribution in [0.4, 0.5) is 30.7 Å². The minimum absolute atomic E-state index is 0.0623. The monoisotopic (exact) mass is 301 g/mol. The van der Waals surface area contributed by atoms with Crippen molar-refractivity contribution in [3.05, 3.63) is 34.6 Å². The van der Waals surface area contributed by atoms with E-state index in [1.807, 2.05) is 0 Å². The first-order chi connectivity index (χ1) is 9.01. The van der Waals surface area contributed by atoms with E-state index in [9.17, 15) is 30.7 Å². The highest BCUT2D eigenvalue weighted by atomic mass is 19.4. The number of nitrogens with two attached hydrogens (primary N) is 1. The molecule has 1 aliphatic carbocycles. The SMILES string of the molecule is N[C@@H](c1c(F)cc(C(F)(F)F)cc1C(F)(F)F)C1CC1. The molecule has 8 heteroatoms. The Morgan fingerprint density at radius 3 is 1.95 bits per heavy atom. The standard InChI is InChI=1S/C12H10F7N/c13-8-4-6(11(14,15)16)3-7(12(17,18)19)9(8)10(20)5-1-2-5/h3-5,10H,1-2,20H2/t10-/m1/s1. The lowest BCUT2D eigenvalue weighted by Crippen LogP contribution is -2.22. The predicted octanol–water partition coefficient (Wildman–Crippen LogP) is 4.27. The van der Waals surface area contributed by atoms with Crippen molar-refractivity contribution in [3.63, 3.8) is 0 Å². The van der Waals surface area contributed by atoms with Crippen LogP contribution < -0.4 is 5.73 Å². The van der Waals surface area contributed by atoms with Crippen molar-refractivity contribution in [1.29, 1.82) is 0 Å². The molecule has 0 spiro atoms. The molecule has 112 valence electrons. The van der Waals surface area contributed by atoms with E-state index in [0.717, 1.165) is 0 Å². The molecule has 20 heavy (non-hydrogen) atoms. The molecule has 0 radical (unpaired) electrons. The van der Waals surface area contributed by atoms with Crippen LogP contribution in [0.15, 0.2) is 12.1 Å². The second-order valence-corrected chi connectivity index (χ2v) is 4.78. The van der Waals surface area contributed by atoms with Crippen LogP contribution in [0.2, 0.25) is 0 Å². The van der Waals surface area contributed by atoms with Crippen LogP contribution in [-0.2, 0) is 12.4 Å². The molecule has 1 fully saturated rings. The lowest BCUT2D eigenvalue weighted by atomic mass is 9.94. The van der Waals surface area contributed by atoms with Gasteiger partial charge in [-0.3, -0.25) is 0 Å². The van der Waals surface area contributed by atoms with Gasteiger partial charge in [-0.15, -0.1) is 0 Å². The summed E-state index contributed by atoms with van der Waals surface area (Å²) in [5.41, 5.74) is 1.33. The zero-order valence-electron chi connectivity index (χ0n) is 9.95. The van der Waals surface area contributed by atoms with Gasteiger partial charge in [0, 0.05) is 11.6 Å². The number of rotatable bonds is 2. The first-order valence-corrected chi connectivity index (χ1v) is 5.75. The van der Waals surface area contributed by atoms with E-state index in [4.69, 9.17) is 5.73 Å². The molecule has 1 atom stereocenters. The molecule has 1 saturated carbocycles. The first-order valence-electron chi connectivity index (χ1n) is 5.75. The lowest BCUT2D eigenvalue weighted by molar-refractivity contribution is -0.144. The highest BCUT2D eigenvalue weighted by Gasteiger charge is 2.43. The summed E-state index contributed by atoms with van der Waals surface area (Å²) in [5, 5.41) is 0. The molecule has 0 aliphatic heterocycles. The Morgan fingerprint density at radius 2 is 1.55 bits per heavy atom. The molecule has 0 saturated heterocycles. The molecule has 1 aliphatic rings. The number of hydrogen-bond acceptors (Lipinski definition) is 1. The van der Waals surface area contributed by atoms with Gasteiger partial charge in [0.1, 0.15) is 5.82 Å². The van der Waals surface area contributed by atoms with Crippen LogP contribution in [0.1, 0.15) is 35.6 Å². The second-order valence-electron chi connectivity index (χ2n) is 4.78. The third kappa shape index (κ3) is 2.89. The molecule has 1 aromatic carbocycles. The van der Waals surface area contributed by atoms with Crippen LogP contribution >= 0.6 is 0 Å². The summed E-state index contributed by atoms with van der Waals surface area (Å²) < 4.78 is 89.7. The van der Waals surface area contributed by atoms with Crippen molar-refractivity contribution in [3.8, 4) is 0 Å². The smallest absolute Gasteiger partial charge is 0.324 e. The summed E-state index contributed by atoms with van der Waals surface area (Å²) in [6.45, 7) is 0. The Balaban J connectivity index is 2.61. The lowest BCUT2D eigenvalue weighted by Gasteiger charge is -2.20. The molecule has 0 amide bonds. The van der Waals surface area contributed by atoms with Crippen molar-refractivity contribution in [1.82, 2.24) is 0 Å². The minimum atomic E-state index is -5.09. The average Bonchev–Trinajstić information content (AvgIpc) is 3.08. The van der Waals surface area contributed by atoms with Gasteiger partial charge in [-0.1, -0.05) is 0 Å². The van der Waals surface area contributed by atoms with E-state index in [0.29, 0.717) is 12.8 Å². The van der Waals surface area contributed by atoms with E-state index in [1.54, 1.807) is 0 Å². The van der Waals surface area contributed by atoms with Gasteiger partial charge in [-0.25, -0.2) is 4.39 Å². The summed E-state index contributed by atoms with van der Waals surface area (Å²) in [6.07, 6.45) is -9.06. The van der Waals surface area contributed by atoms with Crippen LogP contribution in [0.5, 0.6) is 0 Å². The number of alkyl halides is 6. The van der Waals surface area contributed by atoms with Gasteiger partial charge >= 0.3 is 12.4 Å². The molecular weight excluding hydrogens is 291 g/mol. The molecule has 2 rings (SSSR count). The number of benzene rings is 1. The third-order valence-electron chi connectivity index (χ3n) is 3.23. The van der Waals surface area contributed by atoms with Gasteiger partial charge < -0.3 is 5.73 Å². The summed E-state index contributed by atoms with van der Waals surface area (Å²) in [6, 6.07) is -1.26. The fraction of sp³-hybridized carbons (Fsp3) is 0.500. The van der Waals surface area contributed by atoms with Crippen LogP contribution in [0, 0.1) is 11.7 Å². The Bertz CT molecular complexity index is 514. The van der Waals surface area contributed by atoms with E-state index >= 15 is 0 Å². The highest BCUT2D eigenvalue weighted by molar-refractivity contribution is 5.39. The van der Waals surface area contributed by atoms with Gasteiger partial charge in [0.25, 0.3) is 0 Å². The van der Waals surface area contributed by atoms with Crippen LogP contribution in [0.3, 0.4) is 0 Å². The fourth-order valence-corrected chi connectivity index (χ4v) is 2.05. The first kappa shape index (κ1) is 15.1. The molecule has 0 aromatic heterocycles.